The molecule has 7 nitrogen and oxygen atoms in total. The highest BCUT2D eigenvalue weighted by atomic mass is 32.2. The molecule has 0 fully saturated rings. The number of nitrogens with zero attached hydrogens (tertiary/aromatic N) is 2. The molecule has 8 heteroatoms. The molecule has 0 aliphatic heterocycles. The van der Waals surface area contributed by atoms with Gasteiger partial charge in [0.1, 0.15) is 0 Å². The van der Waals surface area contributed by atoms with Crippen molar-refractivity contribution in [2.24, 2.45) is 0 Å². The number of rotatable bonds is 6. The van der Waals surface area contributed by atoms with Crippen molar-refractivity contribution in [2.75, 3.05) is 18.2 Å². The van der Waals surface area contributed by atoms with Crippen molar-refractivity contribution in [2.45, 2.75) is 19.0 Å². The summed E-state index contributed by atoms with van der Waals surface area (Å²) in [5, 5.41) is 10.3. The molecule has 0 aliphatic carbocycles. The minimum atomic E-state index is -0.450. The second kappa shape index (κ2) is 8.71. The van der Waals surface area contributed by atoms with Crippen LogP contribution in [0.5, 0.6) is 0 Å². The van der Waals surface area contributed by atoms with E-state index in [9.17, 15) is 9.59 Å². The van der Waals surface area contributed by atoms with Crippen LogP contribution in [0.25, 0.3) is 11.4 Å². The topological polar surface area (TPSA) is 97.0 Å². The Hall–Kier alpha value is -3.13. The number of aryl methyl sites for hydroxylation is 2. The third-order valence-electron chi connectivity index (χ3n) is 4.06. The first kappa shape index (κ1) is 19.6. The number of carbonyl (C=O) groups is 2. The molecule has 144 valence electrons. The summed E-state index contributed by atoms with van der Waals surface area (Å²) in [5.41, 5.74) is 3.91. The molecule has 1 amide bonds. The van der Waals surface area contributed by atoms with Gasteiger partial charge in [0.15, 0.2) is 5.82 Å². The molecule has 0 saturated heterocycles. The minimum Gasteiger partial charge on any atom is -0.465 e. The van der Waals surface area contributed by atoms with E-state index in [1.54, 1.807) is 18.2 Å². The number of anilines is 1. The number of hydrogen-bond acceptors (Lipinski definition) is 6. The van der Waals surface area contributed by atoms with E-state index in [4.69, 9.17) is 4.74 Å². The summed E-state index contributed by atoms with van der Waals surface area (Å²) < 4.78 is 4.71. The smallest absolute Gasteiger partial charge is 0.337 e. The average Bonchev–Trinajstić information content (AvgIpc) is 3.17. The lowest BCUT2D eigenvalue weighted by atomic mass is 10.1. The molecule has 1 aromatic heterocycles. The Balaban J connectivity index is 1.61. The molecule has 0 atom stereocenters. The molecule has 3 rings (SSSR count). The van der Waals surface area contributed by atoms with Gasteiger partial charge in [-0.05, 0) is 31.5 Å². The zero-order valence-corrected chi connectivity index (χ0v) is 16.6. The lowest BCUT2D eigenvalue weighted by Crippen LogP contribution is -2.15. The summed E-state index contributed by atoms with van der Waals surface area (Å²) >= 11 is 1.23. The van der Waals surface area contributed by atoms with Gasteiger partial charge in [0.25, 0.3) is 0 Å². The van der Waals surface area contributed by atoms with Gasteiger partial charge in [-0.2, -0.15) is 0 Å². The van der Waals surface area contributed by atoms with Gasteiger partial charge in [-0.15, -0.1) is 5.10 Å². The van der Waals surface area contributed by atoms with E-state index in [1.807, 2.05) is 38.1 Å². The second-order valence-corrected chi connectivity index (χ2v) is 7.13. The van der Waals surface area contributed by atoms with Crippen LogP contribution in [0.1, 0.15) is 21.5 Å². The van der Waals surface area contributed by atoms with Gasteiger partial charge in [-0.25, -0.2) is 9.78 Å². The molecule has 2 N–H and O–H groups in total. The van der Waals surface area contributed by atoms with Gasteiger partial charge < -0.3 is 10.1 Å². The van der Waals surface area contributed by atoms with Crippen LogP contribution in [0.2, 0.25) is 0 Å². The molecule has 2 aromatic carbocycles. The number of H-pyrrole nitrogens is 1. The Labute approximate surface area is 166 Å². The minimum absolute atomic E-state index is 0.146. The van der Waals surface area contributed by atoms with E-state index < -0.39 is 5.97 Å². The van der Waals surface area contributed by atoms with E-state index in [2.05, 4.69) is 20.5 Å². The molecule has 0 spiro atoms. The maximum atomic E-state index is 12.3. The van der Waals surface area contributed by atoms with E-state index in [0.29, 0.717) is 22.2 Å². The Kier molecular flexibility index (Phi) is 6.10. The monoisotopic (exact) mass is 396 g/mol. The van der Waals surface area contributed by atoms with Gasteiger partial charge in [-0.1, -0.05) is 47.7 Å². The molecule has 0 aliphatic rings. The molecule has 3 aromatic rings. The number of hydrogen-bond donors (Lipinski definition) is 2. The van der Waals surface area contributed by atoms with Crippen LogP contribution in [-0.2, 0) is 9.53 Å². The Morgan fingerprint density at radius 3 is 2.61 bits per heavy atom. The normalized spacial score (nSPS) is 10.5. The zero-order chi connectivity index (χ0) is 20.1. The summed E-state index contributed by atoms with van der Waals surface area (Å²) in [4.78, 5) is 28.4. The van der Waals surface area contributed by atoms with Crippen molar-refractivity contribution < 1.29 is 14.3 Å². The number of thioether (sulfide) groups is 1. The van der Waals surface area contributed by atoms with Gasteiger partial charge in [0, 0.05) is 11.3 Å². The first-order valence-corrected chi connectivity index (χ1v) is 9.56. The number of ether oxygens (including phenoxy) is 1. The Bertz CT molecular complexity index is 999. The Morgan fingerprint density at radius 1 is 1.14 bits per heavy atom. The summed E-state index contributed by atoms with van der Waals surface area (Å²) in [6.07, 6.45) is 0. The molecule has 0 radical (unpaired) electrons. The maximum absolute atomic E-state index is 12.3. The quantitative estimate of drug-likeness (QED) is 0.488. The molecule has 28 heavy (non-hydrogen) atoms. The van der Waals surface area contributed by atoms with Gasteiger partial charge in [-0.3, -0.25) is 9.89 Å². The number of esters is 1. The van der Waals surface area contributed by atoms with Crippen molar-refractivity contribution in [1.82, 2.24) is 15.2 Å². The first-order chi connectivity index (χ1) is 13.5. The standard InChI is InChI=1S/C20H20N4O3S/c1-12-4-7-14(8-5-12)18-22-20(24-23-18)28-11-17(25)21-16-10-15(19(26)27-3)9-6-13(16)2/h4-10H,11H2,1-3H3,(H,21,25)(H,22,23,24). The number of nitrogens with one attached hydrogen (secondary N) is 2. The van der Waals surface area contributed by atoms with Crippen LogP contribution in [-0.4, -0.2) is 39.9 Å². The van der Waals surface area contributed by atoms with Crippen molar-refractivity contribution >= 4 is 29.3 Å². The van der Waals surface area contributed by atoms with Crippen LogP contribution < -0.4 is 5.32 Å². The fourth-order valence-electron chi connectivity index (χ4n) is 2.47. The summed E-state index contributed by atoms with van der Waals surface area (Å²) in [5.74, 6) is 0.142. The van der Waals surface area contributed by atoms with E-state index in [1.165, 1.54) is 24.4 Å². The van der Waals surface area contributed by atoms with Crippen molar-refractivity contribution in [3.05, 3.63) is 59.2 Å². The van der Waals surface area contributed by atoms with E-state index in [0.717, 1.165) is 11.1 Å². The maximum Gasteiger partial charge on any atom is 0.337 e. The fourth-order valence-corrected chi connectivity index (χ4v) is 3.07. The van der Waals surface area contributed by atoms with Crippen molar-refractivity contribution in [3.63, 3.8) is 0 Å². The summed E-state index contributed by atoms with van der Waals surface area (Å²) in [6.45, 7) is 3.87. The predicted octanol–water partition coefficient (Wildman–Crippen LogP) is 3.61. The molecule has 0 bridgehead atoms. The third-order valence-corrected chi connectivity index (χ3v) is 4.90. The summed E-state index contributed by atoms with van der Waals surface area (Å²) in [7, 11) is 1.32. The Morgan fingerprint density at radius 2 is 1.89 bits per heavy atom. The van der Waals surface area contributed by atoms with Crippen LogP contribution in [0, 0.1) is 13.8 Å². The van der Waals surface area contributed by atoms with Crippen molar-refractivity contribution in [3.8, 4) is 11.4 Å². The largest absolute Gasteiger partial charge is 0.465 e. The predicted molar refractivity (Wildman–Crippen MR) is 108 cm³/mol. The van der Waals surface area contributed by atoms with Gasteiger partial charge in [0.05, 0.1) is 18.4 Å². The molecular weight excluding hydrogens is 376 g/mol. The van der Waals surface area contributed by atoms with Gasteiger partial charge in [0.2, 0.25) is 11.1 Å². The van der Waals surface area contributed by atoms with E-state index in [-0.39, 0.29) is 11.7 Å². The highest BCUT2D eigenvalue weighted by Crippen LogP contribution is 2.21. The van der Waals surface area contributed by atoms with Crippen LogP contribution >= 0.6 is 11.8 Å². The number of benzene rings is 2. The van der Waals surface area contributed by atoms with Crippen LogP contribution in [0.3, 0.4) is 0 Å². The van der Waals surface area contributed by atoms with Crippen molar-refractivity contribution in [1.29, 1.82) is 0 Å². The molecule has 0 unspecified atom stereocenters. The summed E-state index contributed by atoms with van der Waals surface area (Å²) in [6, 6.07) is 13.0. The van der Waals surface area contributed by atoms with Crippen LogP contribution in [0.4, 0.5) is 5.69 Å². The molecule has 1 heterocycles. The number of aromatic amines is 1. The molecule has 0 saturated carbocycles. The zero-order valence-electron chi connectivity index (χ0n) is 15.8. The fraction of sp³-hybridized carbons (Fsp3) is 0.200. The van der Waals surface area contributed by atoms with Gasteiger partial charge >= 0.3 is 5.97 Å². The first-order valence-electron chi connectivity index (χ1n) is 8.57. The number of carbonyl (C=O) groups excluding carboxylic acids is 2. The lowest BCUT2D eigenvalue weighted by Gasteiger charge is -2.09. The number of methoxy groups -OCH3 is 1. The highest BCUT2D eigenvalue weighted by molar-refractivity contribution is 7.99. The van der Waals surface area contributed by atoms with Crippen LogP contribution in [0.15, 0.2) is 47.6 Å². The average molecular weight is 396 g/mol. The number of aromatic nitrogens is 3. The molecular formula is C20H20N4O3S. The highest BCUT2D eigenvalue weighted by Gasteiger charge is 2.12. The second-order valence-electron chi connectivity index (χ2n) is 6.19. The van der Waals surface area contributed by atoms with E-state index >= 15 is 0 Å². The SMILES string of the molecule is COC(=O)c1ccc(C)c(NC(=O)CSc2n[nH]c(-c3ccc(C)cc3)n2)c1. The third kappa shape index (κ3) is 4.77. The number of amides is 1. The lowest BCUT2D eigenvalue weighted by molar-refractivity contribution is -0.113.